The SMILES string of the molecule is O=C(CN1C(=O)S/C(=C\c2ccc(-c3ccc(C(=O)O)cc3)o2)C1=O)Nc1ccccc1. The molecule has 32 heavy (non-hydrogen) atoms. The fourth-order valence-electron chi connectivity index (χ4n) is 2.99. The second kappa shape index (κ2) is 8.94. The Labute approximate surface area is 186 Å². The molecule has 3 amide bonds. The number of hydrogen-bond acceptors (Lipinski definition) is 6. The number of furan rings is 1. The Morgan fingerprint density at radius 1 is 1.00 bits per heavy atom. The van der Waals surface area contributed by atoms with Crippen LogP contribution in [-0.2, 0) is 9.59 Å². The van der Waals surface area contributed by atoms with Crippen molar-refractivity contribution in [1.29, 1.82) is 0 Å². The zero-order valence-electron chi connectivity index (χ0n) is 16.5. The van der Waals surface area contributed by atoms with Gasteiger partial charge >= 0.3 is 5.97 Å². The van der Waals surface area contributed by atoms with Crippen molar-refractivity contribution in [2.45, 2.75) is 0 Å². The van der Waals surface area contributed by atoms with Crippen LogP contribution in [0, 0.1) is 0 Å². The molecule has 9 heteroatoms. The first-order valence-electron chi connectivity index (χ1n) is 9.44. The number of rotatable bonds is 6. The van der Waals surface area contributed by atoms with Crippen molar-refractivity contribution in [3.8, 4) is 11.3 Å². The molecule has 0 radical (unpaired) electrons. The second-order valence-corrected chi connectivity index (χ2v) is 7.76. The van der Waals surface area contributed by atoms with E-state index >= 15 is 0 Å². The van der Waals surface area contributed by atoms with Crippen LogP contribution in [0.4, 0.5) is 10.5 Å². The average Bonchev–Trinajstić information content (AvgIpc) is 3.35. The highest BCUT2D eigenvalue weighted by molar-refractivity contribution is 8.18. The summed E-state index contributed by atoms with van der Waals surface area (Å²) in [6.45, 7) is -0.393. The van der Waals surface area contributed by atoms with E-state index in [4.69, 9.17) is 9.52 Å². The number of hydrogen-bond donors (Lipinski definition) is 2. The maximum atomic E-state index is 12.6. The van der Waals surface area contributed by atoms with E-state index in [1.165, 1.54) is 18.2 Å². The summed E-state index contributed by atoms with van der Waals surface area (Å²) in [4.78, 5) is 49.1. The molecule has 2 heterocycles. The Balaban J connectivity index is 1.45. The van der Waals surface area contributed by atoms with Gasteiger partial charge in [-0.15, -0.1) is 0 Å². The van der Waals surface area contributed by atoms with Crippen molar-refractivity contribution >= 4 is 46.5 Å². The van der Waals surface area contributed by atoms with Gasteiger partial charge < -0.3 is 14.8 Å². The van der Waals surface area contributed by atoms with Gasteiger partial charge in [0.25, 0.3) is 11.1 Å². The molecular weight excluding hydrogens is 432 g/mol. The van der Waals surface area contributed by atoms with Gasteiger partial charge in [0.15, 0.2) is 0 Å². The second-order valence-electron chi connectivity index (χ2n) is 6.77. The van der Waals surface area contributed by atoms with Crippen LogP contribution in [0.1, 0.15) is 16.1 Å². The molecule has 1 aromatic heterocycles. The number of carbonyl (C=O) groups is 4. The van der Waals surface area contributed by atoms with Crippen LogP contribution in [0.3, 0.4) is 0 Å². The molecular formula is C23H16N2O6S. The fourth-order valence-corrected chi connectivity index (χ4v) is 3.81. The average molecular weight is 448 g/mol. The third kappa shape index (κ3) is 4.62. The maximum absolute atomic E-state index is 12.6. The first kappa shape index (κ1) is 21.1. The normalized spacial score (nSPS) is 14.8. The van der Waals surface area contributed by atoms with Gasteiger partial charge in [0.2, 0.25) is 5.91 Å². The van der Waals surface area contributed by atoms with Crippen LogP contribution >= 0.6 is 11.8 Å². The number of carbonyl (C=O) groups excluding carboxylic acids is 3. The molecule has 2 aromatic carbocycles. The van der Waals surface area contributed by atoms with Gasteiger partial charge in [0.1, 0.15) is 18.1 Å². The fraction of sp³-hybridized carbons (Fsp3) is 0.0435. The number of nitrogens with one attached hydrogen (secondary N) is 1. The minimum absolute atomic E-state index is 0.143. The zero-order valence-corrected chi connectivity index (χ0v) is 17.3. The van der Waals surface area contributed by atoms with Gasteiger partial charge in [-0.2, -0.15) is 0 Å². The molecule has 1 saturated heterocycles. The first-order chi connectivity index (χ1) is 15.4. The maximum Gasteiger partial charge on any atom is 0.335 e. The van der Waals surface area contributed by atoms with Gasteiger partial charge in [0, 0.05) is 17.3 Å². The highest BCUT2D eigenvalue weighted by Gasteiger charge is 2.36. The molecule has 8 nitrogen and oxygen atoms in total. The topological polar surface area (TPSA) is 117 Å². The van der Waals surface area contributed by atoms with Gasteiger partial charge in [-0.1, -0.05) is 30.3 Å². The van der Waals surface area contributed by atoms with Crippen LogP contribution in [-0.4, -0.2) is 39.6 Å². The summed E-state index contributed by atoms with van der Waals surface area (Å²) in [5, 5.41) is 11.1. The molecule has 160 valence electrons. The summed E-state index contributed by atoms with van der Waals surface area (Å²) in [6, 6.07) is 18.2. The van der Waals surface area contributed by atoms with E-state index in [1.54, 1.807) is 48.5 Å². The van der Waals surface area contributed by atoms with E-state index in [0.29, 0.717) is 22.8 Å². The number of para-hydroxylation sites is 1. The van der Waals surface area contributed by atoms with Crippen LogP contribution < -0.4 is 5.32 Å². The highest BCUT2D eigenvalue weighted by Crippen LogP contribution is 2.33. The predicted molar refractivity (Wildman–Crippen MR) is 119 cm³/mol. The molecule has 2 N–H and O–H groups in total. The molecule has 1 aliphatic rings. The zero-order chi connectivity index (χ0) is 22.7. The molecule has 0 spiro atoms. The third-order valence-electron chi connectivity index (χ3n) is 4.55. The number of amides is 3. The van der Waals surface area contributed by atoms with Crippen LogP contribution in [0.25, 0.3) is 17.4 Å². The first-order valence-corrected chi connectivity index (χ1v) is 10.3. The molecule has 0 bridgehead atoms. The van der Waals surface area contributed by atoms with E-state index in [-0.39, 0.29) is 10.5 Å². The molecule has 4 rings (SSSR count). The Hall–Kier alpha value is -4.11. The Morgan fingerprint density at radius 3 is 2.41 bits per heavy atom. The quantitative estimate of drug-likeness (QED) is 0.539. The lowest BCUT2D eigenvalue weighted by atomic mass is 10.1. The molecule has 1 aliphatic heterocycles. The van der Waals surface area contributed by atoms with Gasteiger partial charge in [-0.25, -0.2) is 4.79 Å². The molecule has 0 saturated carbocycles. The smallest absolute Gasteiger partial charge is 0.335 e. The van der Waals surface area contributed by atoms with Crippen molar-refractivity contribution in [2.75, 3.05) is 11.9 Å². The minimum atomic E-state index is -1.02. The van der Waals surface area contributed by atoms with Crippen LogP contribution in [0.5, 0.6) is 0 Å². The largest absolute Gasteiger partial charge is 0.478 e. The number of carboxylic acid groups (broad SMARTS) is 1. The van der Waals surface area contributed by atoms with E-state index in [2.05, 4.69) is 5.32 Å². The predicted octanol–water partition coefficient (Wildman–Crippen LogP) is 4.32. The summed E-state index contributed by atoms with van der Waals surface area (Å²) in [5.74, 6) is -1.25. The number of thioether (sulfide) groups is 1. The summed E-state index contributed by atoms with van der Waals surface area (Å²) in [5.41, 5.74) is 1.39. The number of anilines is 1. The van der Waals surface area contributed by atoms with Crippen molar-refractivity contribution < 1.29 is 28.7 Å². The highest BCUT2D eigenvalue weighted by atomic mass is 32.2. The number of carboxylic acids is 1. The van der Waals surface area contributed by atoms with Crippen molar-refractivity contribution in [3.05, 3.63) is 83.0 Å². The Morgan fingerprint density at radius 2 is 1.72 bits per heavy atom. The lowest BCUT2D eigenvalue weighted by molar-refractivity contribution is -0.127. The van der Waals surface area contributed by atoms with Gasteiger partial charge in [-0.3, -0.25) is 19.3 Å². The van der Waals surface area contributed by atoms with E-state index < -0.39 is 29.6 Å². The Bertz CT molecular complexity index is 1230. The van der Waals surface area contributed by atoms with E-state index in [0.717, 1.165) is 16.7 Å². The number of nitrogens with zero attached hydrogens (tertiary/aromatic N) is 1. The number of aromatic carboxylic acids is 1. The van der Waals surface area contributed by atoms with E-state index in [1.807, 2.05) is 6.07 Å². The molecule has 3 aromatic rings. The Kier molecular flexibility index (Phi) is 5.91. The van der Waals surface area contributed by atoms with Crippen molar-refractivity contribution in [3.63, 3.8) is 0 Å². The van der Waals surface area contributed by atoms with Gasteiger partial charge in [0.05, 0.1) is 10.5 Å². The van der Waals surface area contributed by atoms with Crippen molar-refractivity contribution in [1.82, 2.24) is 4.90 Å². The summed E-state index contributed by atoms with van der Waals surface area (Å²) < 4.78 is 5.71. The van der Waals surface area contributed by atoms with Crippen molar-refractivity contribution in [2.24, 2.45) is 0 Å². The van der Waals surface area contributed by atoms with Gasteiger partial charge in [-0.05, 0) is 48.2 Å². The molecule has 0 unspecified atom stereocenters. The molecule has 0 atom stereocenters. The standard InChI is InChI=1S/C23H16N2O6S/c26-20(24-16-4-2-1-3-5-16)13-25-21(27)19(32-23(25)30)12-17-10-11-18(31-17)14-6-8-15(9-7-14)22(28)29/h1-12H,13H2,(H,24,26)(H,28,29)/b19-12-. The van der Waals surface area contributed by atoms with Crippen LogP contribution in [0.2, 0.25) is 0 Å². The molecule has 0 aliphatic carbocycles. The summed E-state index contributed by atoms with van der Waals surface area (Å²) >= 11 is 0.728. The lowest BCUT2D eigenvalue weighted by Crippen LogP contribution is -2.36. The number of imide groups is 1. The monoisotopic (exact) mass is 448 g/mol. The third-order valence-corrected chi connectivity index (χ3v) is 5.46. The number of benzene rings is 2. The summed E-state index contributed by atoms with van der Waals surface area (Å²) in [7, 11) is 0. The summed E-state index contributed by atoms with van der Waals surface area (Å²) in [6.07, 6.45) is 1.44. The molecule has 1 fully saturated rings. The van der Waals surface area contributed by atoms with Crippen LogP contribution in [0.15, 0.2) is 76.1 Å². The minimum Gasteiger partial charge on any atom is -0.478 e. The lowest BCUT2D eigenvalue weighted by Gasteiger charge is -2.12. The van der Waals surface area contributed by atoms with E-state index in [9.17, 15) is 19.2 Å².